The summed E-state index contributed by atoms with van der Waals surface area (Å²) in [7, 11) is 0. The minimum Gasteiger partial charge on any atom is -0.337 e. The molecule has 4 rings (SSSR count). The fourth-order valence-electron chi connectivity index (χ4n) is 2.13. The highest BCUT2D eigenvalue weighted by Crippen LogP contribution is 2.31. The monoisotopic (exact) mass is 234 g/mol. The molecule has 0 saturated heterocycles. The van der Waals surface area contributed by atoms with Crippen LogP contribution in [0.4, 0.5) is 11.4 Å². The summed E-state index contributed by atoms with van der Waals surface area (Å²) in [4.78, 5) is 9.01. The third kappa shape index (κ3) is 1.32. The predicted molar refractivity (Wildman–Crippen MR) is 69.5 cm³/mol. The summed E-state index contributed by atoms with van der Waals surface area (Å²) >= 11 is 0. The van der Waals surface area contributed by atoms with Gasteiger partial charge in [0.05, 0.1) is 22.1 Å². The highest BCUT2D eigenvalue weighted by Gasteiger charge is 2.18. The maximum atomic E-state index is 4.50. The van der Waals surface area contributed by atoms with Crippen molar-refractivity contribution in [3.63, 3.8) is 0 Å². The van der Waals surface area contributed by atoms with E-state index in [2.05, 4.69) is 20.6 Å². The zero-order valence-electron chi connectivity index (χ0n) is 9.51. The summed E-state index contributed by atoms with van der Waals surface area (Å²) < 4.78 is 0. The van der Waals surface area contributed by atoms with Crippen molar-refractivity contribution < 1.29 is 0 Å². The Balaban J connectivity index is 1.84. The van der Waals surface area contributed by atoms with Gasteiger partial charge in [-0.1, -0.05) is 24.3 Å². The molecule has 0 radical (unpaired) electrons. The Labute approximate surface area is 103 Å². The van der Waals surface area contributed by atoms with Crippen LogP contribution < -0.4 is 21.3 Å². The standard InChI is InChI=1S/C14H10N4/c1-2-6-10-9(5-1)15-13(16-10)14-17-11-7-3-4-8-12(11)18-14/h1-8,15-16H. The number of rotatable bonds is 0. The SMILES string of the molecule is c1ccc2c(c1)NC(=C1N=c3ccccc3=N1)N2. The third-order valence-electron chi connectivity index (χ3n) is 3.00. The molecule has 0 atom stereocenters. The molecule has 86 valence electrons. The van der Waals surface area contributed by atoms with Crippen molar-refractivity contribution in [1.29, 1.82) is 0 Å². The Morgan fingerprint density at radius 1 is 0.667 bits per heavy atom. The van der Waals surface area contributed by atoms with E-state index in [-0.39, 0.29) is 0 Å². The van der Waals surface area contributed by atoms with Gasteiger partial charge in [-0.2, -0.15) is 0 Å². The second-order valence-electron chi connectivity index (χ2n) is 4.21. The first-order valence-electron chi connectivity index (χ1n) is 5.80. The first-order valence-corrected chi connectivity index (χ1v) is 5.80. The van der Waals surface area contributed by atoms with Crippen LogP contribution in [0.1, 0.15) is 0 Å². The van der Waals surface area contributed by atoms with E-state index in [0.717, 1.165) is 27.9 Å². The van der Waals surface area contributed by atoms with E-state index in [1.807, 2.05) is 48.5 Å². The molecule has 0 aromatic heterocycles. The molecule has 4 heteroatoms. The van der Waals surface area contributed by atoms with E-state index in [9.17, 15) is 0 Å². The van der Waals surface area contributed by atoms with Gasteiger partial charge >= 0.3 is 0 Å². The topological polar surface area (TPSA) is 48.8 Å². The van der Waals surface area contributed by atoms with E-state index >= 15 is 0 Å². The Bertz CT molecular complexity index is 725. The van der Waals surface area contributed by atoms with Crippen LogP contribution in [0.15, 0.2) is 70.2 Å². The molecule has 4 nitrogen and oxygen atoms in total. The molecule has 0 spiro atoms. The summed E-state index contributed by atoms with van der Waals surface area (Å²) in [6.45, 7) is 0. The van der Waals surface area contributed by atoms with Gasteiger partial charge < -0.3 is 10.6 Å². The minimum atomic E-state index is 0.701. The van der Waals surface area contributed by atoms with Crippen LogP contribution in [-0.4, -0.2) is 0 Å². The van der Waals surface area contributed by atoms with Crippen LogP contribution in [0, 0.1) is 0 Å². The van der Waals surface area contributed by atoms with E-state index in [1.165, 1.54) is 0 Å². The maximum Gasteiger partial charge on any atom is 0.194 e. The molecule has 2 N–H and O–H groups in total. The van der Waals surface area contributed by atoms with Gasteiger partial charge in [0.25, 0.3) is 0 Å². The van der Waals surface area contributed by atoms with Crippen molar-refractivity contribution >= 4 is 11.4 Å². The molecule has 2 aliphatic heterocycles. The van der Waals surface area contributed by atoms with Gasteiger partial charge in [-0.25, -0.2) is 9.98 Å². The molecule has 2 aromatic rings. The number of para-hydroxylation sites is 4. The molecule has 0 saturated carbocycles. The summed E-state index contributed by atoms with van der Waals surface area (Å²) in [6.07, 6.45) is 0. The van der Waals surface area contributed by atoms with Crippen molar-refractivity contribution in [2.45, 2.75) is 0 Å². The largest absolute Gasteiger partial charge is 0.337 e. The minimum absolute atomic E-state index is 0.701. The van der Waals surface area contributed by atoms with Gasteiger partial charge in [0.2, 0.25) is 0 Å². The van der Waals surface area contributed by atoms with E-state index in [1.54, 1.807) is 0 Å². The second kappa shape index (κ2) is 3.43. The number of nitrogens with zero attached hydrogens (tertiary/aromatic N) is 2. The van der Waals surface area contributed by atoms with E-state index in [0.29, 0.717) is 5.82 Å². The number of anilines is 2. The lowest BCUT2D eigenvalue weighted by molar-refractivity contribution is 1.16. The van der Waals surface area contributed by atoms with Gasteiger partial charge in [-0.15, -0.1) is 0 Å². The van der Waals surface area contributed by atoms with Crippen LogP contribution in [0.3, 0.4) is 0 Å². The molecule has 0 fully saturated rings. The highest BCUT2D eigenvalue weighted by molar-refractivity contribution is 5.79. The normalized spacial score (nSPS) is 15.1. The summed E-state index contributed by atoms with van der Waals surface area (Å²) in [5, 5.41) is 8.42. The molecule has 0 unspecified atom stereocenters. The van der Waals surface area contributed by atoms with Gasteiger partial charge in [0, 0.05) is 0 Å². The van der Waals surface area contributed by atoms with Gasteiger partial charge in [-0.3, -0.25) is 0 Å². The average Bonchev–Trinajstić information content (AvgIpc) is 3.02. The third-order valence-corrected chi connectivity index (χ3v) is 3.00. The van der Waals surface area contributed by atoms with Crippen molar-refractivity contribution in [2.75, 3.05) is 10.6 Å². The smallest absolute Gasteiger partial charge is 0.194 e. The van der Waals surface area contributed by atoms with Crippen molar-refractivity contribution in [3.05, 3.63) is 70.9 Å². The van der Waals surface area contributed by atoms with Crippen LogP contribution in [0.5, 0.6) is 0 Å². The fraction of sp³-hybridized carbons (Fsp3) is 0. The quantitative estimate of drug-likeness (QED) is 0.727. The molecular weight excluding hydrogens is 224 g/mol. The van der Waals surface area contributed by atoms with Crippen LogP contribution >= 0.6 is 0 Å². The number of fused-ring (bicyclic) bond motifs is 2. The first-order chi connectivity index (χ1) is 8.90. The van der Waals surface area contributed by atoms with E-state index < -0.39 is 0 Å². The second-order valence-corrected chi connectivity index (χ2v) is 4.21. The van der Waals surface area contributed by atoms with Crippen LogP contribution in [0.2, 0.25) is 0 Å². The molecule has 0 amide bonds. The van der Waals surface area contributed by atoms with Crippen molar-refractivity contribution in [2.24, 2.45) is 9.98 Å². The van der Waals surface area contributed by atoms with Crippen LogP contribution in [-0.2, 0) is 0 Å². The summed E-state index contributed by atoms with van der Waals surface area (Å²) in [5.41, 5.74) is 2.11. The molecule has 0 bridgehead atoms. The summed E-state index contributed by atoms with van der Waals surface area (Å²) in [6, 6.07) is 15.9. The van der Waals surface area contributed by atoms with E-state index in [4.69, 9.17) is 0 Å². The lowest BCUT2D eigenvalue weighted by Crippen LogP contribution is -2.19. The summed E-state index contributed by atoms with van der Waals surface area (Å²) in [5.74, 6) is 1.54. The van der Waals surface area contributed by atoms with Crippen molar-refractivity contribution in [1.82, 2.24) is 0 Å². The zero-order valence-corrected chi connectivity index (χ0v) is 9.51. The number of hydrogen-bond acceptors (Lipinski definition) is 4. The Kier molecular flexibility index (Phi) is 1.80. The number of nitrogens with one attached hydrogen (secondary N) is 2. The molecule has 0 aliphatic carbocycles. The number of benzene rings is 2. The molecule has 2 heterocycles. The molecule has 2 aromatic carbocycles. The Morgan fingerprint density at radius 2 is 1.17 bits per heavy atom. The average molecular weight is 234 g/mol. The Morgan fingerprint density at radius 3 is 1.72 bits per heavy atom. The first kappa shape index (κ1) is 9.41. The molecular formula is C14H10N4. The fourth-order valence-corrected chi connectivity index (χ4v) is 2.13. The number of hydrogen-bond donors (Lipinski definition) is 2. The Hall–Kier alpha value is -2.62. The van der Waals surface area contributed by atoms with Crippen molar-refractivity contribution in [3.8, 4) is 0 Å². The molecule has 18 heavy (non-hydrogen) atoms. The maximum absolute atomic E-state index is 4.50. The lowest BCUT2D eigenvalue weighted by Gasteiger charge is -1.99. The van der Waals surface area contributed by atoms with Gasteiger partial charge in [-0.05, 0) is 24.3 Å². The highest BCUT2D eigenvalue weighted by atomic mass is 15.2. The lowest BCUT2D eigenvalue weighted by atomic mass is 10.3. The predicted octanol–water partition coefficient (Wildman–Crippen LogP) is 1.60. The molecule has 2 aliphatic rings. The van der Waals surface area contributed by atoms with Gasteiger partial charge in [0.1, 0.15) is 0 Å². The zero-order chi connectivity index (χ0) is 11.9. The van der Waals surface area contributed by atoms with Crippen LogP contribution in [0.25, 0.3) is 0 Å². The van der Waals surface area contributed by atoms with Gasteiger partial charge in [0.15, 0.2) is 11.6 Å².